The minimum Gasteiger partial charge on any atom is -0.508 e. The number of anilines is 1. The van der Waals surface area contributed by atoms with Gasteiger partial charge in [0.1, 0.15) is 18.0 Å². The number of phenolic OH excluding ortho intramolecular Hbond substituents is 1. The number of rotatable bonds is 8. The second-order valence-corrected chi connectivity index (χ2v) is 8.96. The van der Waals surface area contributed by atoms with Crippen molar-refractivity contribution in [2.24, 2.45) is 0 Å². The van der Waals surface area contributed by atoms with Crippen LogP contribution in [0.2, 0.25) is 0 Å². The van der Waals surface area contributed by atoms with Crippen molar-refractivity contribution in [3.63, 3.8) is 0 Å². The van der Waals surface area contributed by atoms with Gasteiger partial charge in [0.2, 0.25) is 0 Å². The monoisotopic (exact) mass is 513 g/mol. The molecule has 0 aromatic heterocycles. The van der Waals surface area contributed by atoms with E-state index in [0.29, 0.717) is 6.61 Å². The Bertz CT molecular complexity index is 1210. The first-order valence-corrected chi connectivity index (χ1v) is 12.2. The zero-order valence-corrected chi connectivity index (χ0v) is 20.6. The van der Waals surface area contributed by atoms with Crippen LogP contribution in [0.4, 0.5) is 18.9 Å². The zero-order valence-electron chi connectivity index (χ0n) is 20.6. The van der Waals surface area contributed by atoms with Crippen LogP contribution in [0.25, 0.3) is 11.1 Å². The number of hydrogen-bond acceptors (Lipinski definition) is 5. The molecule has 1 fully saturated rings. The van der Waals surface area contributed by atoms with Gasteiger partial charge in [0.05, 0.1) is 6.61 Å². The number of alkyl halides is 3. The highest BCUT2D eigenvalue weighted by Crippen LogP contribution is 2.29. The van der Waals surface area contributed by atoms with E-state index in [2.05, 4.69) is 15.9 Å². The van der Waals surface area contributed by atoms with Crippen LogP contribution >= 0.6 is 0 Å². The average Bonchev–Trinajstić information content (AvgIpc) is 2.87. The molecule has 3 aromatic carbocycles. The molecule has 4 rings (SSSR count). The molecule has 9 heteroatoms. The molecule has 0 aliphatic carbocycles. The first-order valence-electron chi connectivity index (χ1n) is 12.2. The van der Waals surface area contributed by atoms with Crippen LogP contribution in [0.5, 0.6) is 11.5 Å². The number of carbonyl (C=O) groups is 1. The second kappa shape index (κ2) is 11.6. The van der Waals surface area contributed by atoms with E-state index < -0.39 is 18.6 Å². The van der Waals surface area contributed by atoms with Gasteiger partial charge in [0, 0.05) is 44.0 Å². The number of hydrogen-bond donors (Lipinski definition) is 2. The van der Waals surface area contributed by atoms with Gasteiger partial charge in [-0.3, -0.25) is 9.69 Å². The van der Waals surface area contributed by atoms with E-state index in [4.69, 9.17) is 4.74 Å². The smallest absolute Gasteiger partial charge is 0.405 e. The van der Waals surface area contributed by atoms with Crippen molar-refractivity contribution in [1.29, 1.82) is 0 Å². The highest BCUT2D eigenvalue weighted by molar-refractivity contribution is 5.94. The Morgan fingerprint density at radius 1 is 0.973 bits per heavy atom. The molecule has 0 saturated carbocycles. The van der Waals surface area contributed by atoms with Crippen LogP contribution in [-0.2, 0) is 6.54 Å². The van der Waals surface area contributed by atoms with Gasteiger partial charge in [0.15, 0.2) is 0 Å². The Kier molecular flexibility index (Phi) is 8.23. The SMILES string of the molecule is CCOc1cc(CN2CCN(c3ccc(C(=O)NCC(F)(F)F)cc3)CC2)cc(-c2cccc(O)c2)c1. The Hall–Kier alpha value is -3.72. The molecule has 1 aliphatic heterocycles. The van der Waals surface area contributed by atoms with Crippen molar-refractivity contribution < 1.29 is 27.8 Å². The highest BCUT2D eigenvalue weighted by Gasteiger charge is 2.28. The van der Waals surface area contributed by atoms with Gasteiger partial charge in [-0.1, -0.05) is 12.1 Å². The lowest BCUT2D eigenvalue weighted by Gasteiger charge is -2.36. The minimum atomic E-state index is -4.44. The summed E-state index contributed by atoms with van der Waals surface area (Å²) in [6.45, 7) is 5.12. The molecule has 0 unspecified atom stereocenters. The molecule has 6 nitrogen and oxygen atoms in total. The molecule has 3 aromatic rings. The molecule has 0 spiro atoms. The van der Waals surface area contributed by atoms with Crippen LogP contribution in [0.1, 0.15) is 22.8 Å². The van der Waals surface area contributed by atoms with Crippen LogP contribution < -0.4 is 15.0 Å². The summed E-state index contributed by atoms with van der Waals surface area (Å²) in [5.74, 6) is 0.261. The molecular formula is C28H30F3N3O3. The lowest BCUT2D eigenvalue weighted by atomic mass is 10.0. The molecule has 37 heavy (non-hydrogen) atoms. The van der Waals surface area contributed by atoms with Crippen molar-refractivity contribution in [1.82, 2.24) is 10.2 Å². The van der Waals surface area contributed by atoms with Gasteiger partial charge in [-0.2, -0.15) is 13.2 Å². The number of amides is 1. The normalized spacial score (nSPS) is 14.4. The van der Waals surface area contributed by atoms with Gasteiger partial charge in [-0.25, -0.2) is 0 Å². The van der Waals surface area contributed by atoms with Crippen molar-refractivity contribution in [2.75, 3.05) is 44.2 Å². The molecule has 1 heterocycles. The maximum Gasteiger partial charge on any atom is 0.405 e. The number of piperazine rings is 1. The molecule has 196 valence electrons. The fraction of sp³-hybridized carbons (Fsp3) is 0.321. The molecule has 0 radical (unpaired) electrons. The third kappa shape index (κ3) is 7.39. The number of nitrogens with zero attached hydrogens (tertiary/aromatic N) is 2. The maximum absolute atomic E-state index is 12.3. The Labute approximate surface area is 214 Å². The van der Waals surface area contributed by atoms with Gasteiger partial charge >= 0.3 is 6.18 Å². The molecular weight excluding hydrogens is 483 g/mol. The standard InChI is InChI=1S/C28H30F3N3O3/c1-2-37-26-15-20(14-23(17-26)22-4-3-5-25(35)16-22)18-33-10-12-34(13-11-33)24-8-6-21(7-9-24)27(36)32-19-28(29,30)31/h3-9,14-17,35H,2,10-13,18-19H2,1H3,(H,32,36). The van der Waals surface area contributed by atoms with Crippen molar-refractivity contribution in [3.8, 4) is 22.6 Å². The summed E-state index contributed by atoms with van der Waals surface area (Å²) in [5.41, 5.74) is 4.14. The van der Waals surface area contributed by atoms with E-state index in [9.17, 15) is 23.1 Å². The van der Waals surface area contributed by atoms with Gasteiger partial charge < -0.3 is 20.1 Å². The number of phenols is 1. The first kappa shape index (κ1) is 26.3. The van der Waals surface area contributed by atoms with Crippen LogP contribution in [0.3, 0.4) is 0 Å². The van der Waals surface area contributed by atoms with E-state index >= 15 is 0 Å². The van der Waals surface area contributed by atoms with Gasteiger partial charge in [-0.05, 0) is 78.2 Å². The van der Waals surface area contributed by atoms with Crippen molar-refractivity contribution in [3.05, 3.63) is 77.9 Å². The fourth-order valence-electron chi connectivity index (χ4n) is 4.38. The predicted molar refractivity (Wildman–Crippen MR) is 137 cm³/mol. The second-order valence-electron chi connectivity index (χ2n) is 8.96. The Morgan fingerprint density at radius 3 is 2.35 bits per heavy atom. The molecule has 2 N–H and O–H groups in total. The van der Waals surface area contributed by atoms with Crippen LogP contribution in [-0.4, -0.2) is 61.4 Å². The van der Waals surface area contributed by atoms with E-state index in [1.54, 1.807) is 36.4 Å². The number of carbonyl (C=O) groups excluding carboxylic acids is 1. The number of ether oxygens (including phenoxy) is 1. The summed E-state index contributed by atoms with van der Waals surface area (Å²) in [7, 11) is 0. The van der Waals surface area contributed by atoms with Gasteiger partial charge in [0.25, 0.3) is 5.91 Å². The number of benzene rings is 3. The summed E-state index contributed by atoms with van der Waals surface area (Å²) in [6.07, 6.45) is -4.44. The topological polar surface area (TPSA) is 65.0 Å². The maximum atomic E-state index is 12.3. The predicted octanol–water partition coefficient (Wildman–Crippen LogP) is 5.07. The summed E-state index contributed by atoms with van der Waals surface area (Å²) >= 11 is 0. The average molecular weight is 514 g/mol. The minimum absolute atomic E-state index is 0.198. The van der Waals surface area contributed by atoms with Crippen LogP contribution in [0, 0.1) is 0 Å². The largest absolute Gasteiger partial charge is 0.508 e. The van der Waals surface area contributed by atoms with Gasteiger partial charge in [-0.15, -0.1) is 0 Å². The summed E-state index contributed by atoms with van der Waals surface area (Å²) in [6, 6.07) is 19.9. The van der Waals surface area contributed by atoms with E-state index in [0.717, 1.165) is 60.9 Å². The Balaban J connectivity index is 1.37. The van der Waals surface area contributed by atoms with E-state index in [-0.39, 0.29) is 11.3 Å². The van der Waals surface area contributed by atoms with Crippen molar-refractivity contribution in [2.45, 2.75) is 19.6 Å². The quantitative estimate of drug-likeness (QED) is 0.440. The number of aromatic hydroxyl groups is 1. The summed E-state index contributed by atoms with van der Waals surface area (Å²) in [4.78, 5) is 16.5. The first-order chi connectivity index (χ1) is 17.7. The third-order valence-corrected chi connectivity index (χ3v) is 6.18. The molecule has 0 atom stereocenters. The molecule has 0 bridgehead atoms. The molecule has 1 saturated heterocycles. The Morgan fingerprint density at radius 2 is 1.70 bits per heavy atom. The fourth-order valence-corrected chi connectivity index (χ4v) is 4.38. The number of halogens is 3. The molecule has 1 aliphatic rings. The number of nitrogens with one attached hydrogen (secondary N) is 1. The van der Waals surface area contributed by atoms with Crippen LogP contribution in [0.15, 0.2) is 66.7 Å². The zero-order chi connectivity index (χ0) is 26.4. The third-order valence-electron chi connectivity index (χ3n) is 6.18. The van der Waals surface area contributed by atoms with E-state index in [1.165, 1.54) is 0 Å². The van der Waals surface area contributed by atoms with Crippen molar-refractivity contribution >= 4 is 11.6 Å². The molecule has 1 amide bonds. The lowest BCUT2D eigenvalue weighted by Crippen LogP contribution is -2.46. The van der Waals surface area contributed by atoms with E-state index in [1.807, 2.05) is 36.5 Å². The highest BCUT2D eigenvalue weighted by atomic mass is 19.4. The summed E-state index contributed by atoms with van der Waals surface area (Å²) in [5, 5.41) is 11.8. The summed E-state index contributed by atoms with van der Waals surface area (Å²) < 4.78 is 42.8. The lowest BCUT2D eigenvalue weighted by molar-refractivity contribution is -0.123.